The van der Waals surface area contributed by atoms with Crippen molar-refractivity contribution in [1.82, 2.24) is 0 Å². The molecule has 0 spiro atoms. The van der Waals surface area contributed by atoms with Gasteiger partial charge in [-0.2, -0.15) is 0 Å². The molecule has 0 aromatic carbocycles. The molecule has 0 saturated carbocycles. The van der Waals surface area contributed by atoms with Crippen molar-refractivity contribution in [2.75, 3.05) is 28.2 Å². The largest absolute Gasteiger partial charge is 1.00 e. The molecule has 0 radical (unpaired) electrons. The number of nitrogens with zero attached hydrogens (tertiary/aromatic N) is 1. The molecule has 0 atom stereocenters. The van der Waals surface area contributed by atoms with Gasteiger partial charge in [0, 0.05) is 0 Å². The van der Waals surface area contributed by atoms with E-state index in [1.54, 1.807) is 0 Å². The zero-order valence-electron chi connectivity index (χ0n) is 6.67. The zero-order valence-corrected chi connectivity index (χ0v) is 11.8. The molecule has 0 aliphatic rings. The van der Waals surface area contributed by atoms with Crippen LogP contribution in [0.5, 0.6) is 0 Å². The summed E-state index contributed by atoms with van der Waals surface area (Å²) in [6.45, 7) is 0. The number of rotatable bonds is 0. The van der Waals surface area contributed by atoms with E-state index in [1.165, 1.54) is 0 Å². The van der Waals surface area contributed by atoms with Gasteiger partial charge in [-0.1, -0.05) is 0 Å². The van der Waals surface area contributed by atoms with E-state index in [1.807, 2.05) is 0 Å². The molecule has 0 N–H and O–H groups in total. The van der Waals surface area contributed by atoms with Gasteiger partial charge >= 0.3 is 18.9 Å². The smallest absolute Gasteiger partial charge is 0.333 e. The van der Waals surface area contributed by atoms with Crippen LogP contribution in [0.2, 0.25) is 0 Å². The molecular weight excluding hydrogens is 309 g/mol. The monoisotopic (exact) mass is 321 g/mol. The van der Waals surface area contributed by atoms with Crippen LogP contribution < -0.4 is 18.9 Å². The molecule has 1 nitrogen and oxygen atoms in total. The van der Waals surface area contributed by atoms with Gasteiger partial charge in [-0.3, -0.25) is 0 Å². The fraction of sp³-hybridized carbons (Fsp3) is 1.00. The molecule has 0 aliphatic heterocycles. The minimum absolute atomic E-state index is 0. The van der Waals surface area contributed by atoms with Gasteiger partial charge in [-0.25, -0.2) is 0 Å². The van der Waals surface area contributed by atoms with Crippen molar-refractivity contribution in [3.63, 3.8) is 0 Å². The standard InChI is InChI=1S/C4H12N.3BrH.Li/c1-5(2,3)4;;;;/h1-4H3;3*1H;/q+1;;;;+1. The summed E-state index contributed by atoms with van der Waals surface area (Å²) in [6.07, 6.45) is 0. The Morgan fingerprint density at radius 1 is 0.667 bits per heavy atom. The molecule has 5 heteroatoms. The van der Waals surface area contributed by atoms with E-state index in [0.29, 0.717) is 0 Å². The van der Waals surface area contributed by atoms with Crippen LogP contribution in [0.1, 0.15) is 0 Å². The molecule has 0 amide bonds. The number of hydrogen-bond acceptors (Lipinski definition) is 0. The first-order valence-corrected chi connectivity index (χ1v) is 1.79. The predicted molar refractivity (Wildman–Crippen MR) is 54.9 cm³/mol. The molecule has 0 aliphatic carbocycles. The van der Waals surface area contributed by atoms with Crippen LogP contribution >= 0.6 is 50.9 Å². The third kappa shape index (κ3) is 160. The average Bonchev–Trinajstić information content (AvgIpc) is 0.722. The van der Waals surface area contributed by atoms with Crippen LogP contribution in [-0.2, 0) is 0 Å². The molecule has 0 bridgehead atoms. The zero-order chi connectivity index (χ0) is 4.50. The summed E-state index contributed by atoms with van der Waals surface area (Å²) >= 11 is 0. The number of quaternary nitrogens is 1. The van der Waals surface area contributed by atoms with Crippen molar-refractivity contribution in [2.24, 2.45) is 0 Å². The van der Waals surface area contributed by atoms with Crippen LogP contribution in [0.3, 0.4) is 0 Å². The van der Waals surface area contributed by atoms with Gasteiger partial charge in [-0.15, -0.1) is 50.9 Å². The van der Waals surface area contributed by atoms with Gasteiger partial charge in [0.15, 0.2) is 0 Å². The first-order valence-electron chi connectivity index (χ1n) is 1.79. The minimum atomic E-state index is 0. The van der Waals surface area contributed by atoms with Crippen molar-refractivity contribution >= 4 is 50.9 Å². The molecule has 0 fully saturated rings. The normalized spacial score (nSPS) is 6.67. The maximum atomic E-state index is 2.12. The molecule has 0 aromatic rings. The number of halogens is 3. The van der Waals surface area contributed by atoms with Crippen LogP contribution in [0.15, 0.2) is 0 Å². The van der Waals surface area contributed by atoms with Crippen LogP contribution in [0.4, 0.5) is 0 Å². The average molecular weight is 324 g/mol. The van der Waals surface area contributed by atoms with Crippen molar-refractivity contribution < 1.29 is 23.3 Å². The molecule has 0 rings (SSSR count). The van der Waals surface area contributed by atoms with Gasteiger partial charge in [0.25, 0.3) is 0 Å². The first kappa shape index (κ1) is 30.6. The summed E-state index contributed by atoms with van der Waals surface area (Å²) in [5.74, 6) is 0. The van der Waals surface area contributed by atoms with Crippen molar-refractivity contribution in [3.8, 4) is 0 Å². The summed E-state index contributed by atoms with van der Waals surface area (Å²) in [5.41, 5.74) is 0. The van der Waals surface area contributed by atoms with E-state index in [4.69, 9.17) is 0 Å². The summed E-state index contributed by atoms with van der Waals surface area (Å²) in [6, 6.07) is 0. The van der Waals surface area contributed by atoms with Crippen molar-refractivity contribution in [1.29, 1.82) is 0 Å². The SMILES string of the molecule is Br.Br.Br.C[N+](C)(C)C.[Li+]. The van der Waals surface area contributed by atoms with Crippen molar-refractivity contribution in [3.05, 3.63) is 0 Å². The van der Waals surface area contributed by atoms with E-state index in [-0.39, 0.29) is 69.8 Å². The fourth-order valence-electron chi connectivity index (χ4n) is 0. The molecule has 0 unspecified atom stereocenters. The van der Waals surface area contributed by atoms with E-state index < -0.39 is 0 Å². The quantitative estimate of drug-likeness (QED) is 0.399. The molecular formula is C4H15Br3LiN+2. The van der Waals surface area contributed by atoms with Gasteiger partial charge < -0.3 is 4.48 Å². The maximum Gasteiger partial charge on any atom is 1.00 e. The fourth-order valence-corrected chi connectivity index (χ4v) is 0. The van der Waals surface area contributed by atoms with Gasteiger partial charge in [0.2, 0.25) is 0 Å². The number of hydrogen-bond donors (Lipinski definition) is 0. The summed E-state index contributed by atoms with van der Waals surface area (Å²) in [4.78, 5) is 0. The summed E-state index contributed by atoms with van der Waals surface area (Å²) in [7, 11) is 8.50. The van der Waals surface area contributed by atoms with Gasteiger partial charge in [0.1, 0.15) is 0 Å². The van der Waals surface area contributed by atoms with Crippen LogP contribution in [0.25, 0.3) is 0 Å². The molecule has 0 saturated heterocycles. The van der Waals surface area contributed by atoms with Crippen LogP contribution in [0, 0.1) is 0 Å². The summed E-state index contributed by atoms with van der Waals surface area (Å²) in [5, 5.41) is 0. The Balaban J connectivity index is -0.0000000133. The predicted octanol–water partition coefficient (Wildman–Crippen LogP) is -0.940. The maximum absolute atomic E-state index is 2.12. The molecule has 0 aromatic heterocycles. The van der Waals surface area contributed by atoms with E-state index in [0.717, 1.165) is 4.48 Å². The van der Waals surface area contributed by atoms with Crippen molar-refractivity contribution in [2.45, 2.75) is 0 Å². The third-order valence-corrected chi connectivity index (χ3v) is 0. The first-order chi connectivity index (χ1) is 2.00. The second-order valence-electron chi connectivity index (χ2n) is 2.68. The second-order valence-corrected chi connectivity index (χ2v) is 2.68. The Bertz CT molecular complexity index is 31.3. The van der Waals surface area contributed by atoms with E-state index in [2.05, 4.69) is 28.2 Å². The van der Waals surface area contributed by atoms with Gasteiger partial charge in [0.05, 0.1) is 28.2 Å². The Hall–Kier alpha value is 2.00. The van der Waals surface area contributed by atoms with Gasteiger partial charge in [-0.05, 0) is 0 Å². The Kier molecular flexibility index (Phi) is 43.0. The second kappa shape index (κ2) is 12.7. The Morgan fingerprint density at radius 2 is 0.667 bits per heavy atom. The molecule has 56 valence electrons. The Morgan fingerprint density at radius 3 is 0.667 bits per heavy atom. The molecule has 9 heavy (non-hydrogen) atoms. The minimum Gasteiger partial charge on any atom is -0.333 e. The summed E-state index contributed by atoms with van der Waals surface area (Å²) < 4.78 is 1.00. The van der Waals surface area contributed by atoms with Crippen LogP contribution in [-0.4, -0.2) is 32.7 Å². The molecule has 0 heterocycles. The van der Waals surface area contributed by atoms with E-state index >= 15 is 0 Å². The van der Waals surface area contributed by atoms with E-state index in [9.17, 15) is 0 Å². The third-order valence-electron chi connectivity index (χ3n) is 0. The Labute approximate surface area is 102 Å². The topological polar surface area (TPSA) is 0 Å².